The smallest absolute Gasteiger partial charge is 0.302 e. The second-order valence-electron chi connectivity index (χ2n) is 11.2. The molecule has 3 heterocycles. The Labute approximate surface area is 251 Å². The van der Waals surface area contributed by atoms with Crippen molar-refractivity contribution < 1.29 is 22.8 Å². The minimum Gasteiger partial charge on any atom is -0.302 e. The molecule has 1 saturated carbocycles. The molecule has 1 saturated heterocycles. The first-order valence-electron chi connectivity index (χ1n) is 14.5. The summed E-state index contributed by atoms with van der Waals surface area (Å²) in [6.45, 7) is 6.42. The summed E-state index contributed by atoms with van der Waals surface area (Å²) in [4.78, 5) is 39.3. The largest absolute Gasteiger partial charge is 0.416 e. The predicted octanol–water partition coefficient (Wildman–Crippen LogP) is 6.29. The Hall–Kier alpha value is -3.67. The number of benzene rings is 2. The molecule has 0 atom stereocenters. The lowest BCUT2D eigenvalue weighted by Crippen LogP contribution is -2.45. The Bertz CT molecular complexity index is 1640. The molecule has 0 unspecified atom stereocenters. The highest BCUT2D eigenvalue weighted by atomic mass is 32.1. The minimum absolute atomic E-state index is 0.00819. The first kappa shape index (κ1) is 29.4. The molecule has 1 aliphatic carbocycles. The van der Waals surface area contributed by atoms with Crippen LogP contribution in [-0.2, 0) is 23.9 Å². The maximum atomic E-state index is 14.0. The molecule has 11 heteroatoms. The number of ketones is 1. The summed E-state index contributed by atoms with van der Waals surface area (Å²) in [6, 6.07) is 14.8. The van der Waals surface area contributed by atoms with Crippen molar-refractivity contribution in [3.05, 3.63) is 76.9 Å². The maximum Gasteiger partial charge on any atom is 0.416 e. The average molecular weight is 608 g/mol. The first-order valence-corrected chi connectivity index (χ1v) is 15.3. The van der Waals surface area contributed by atoms with Gasteiger partial charge in [0.1, 0.15) is 10.3 Å². The normalized spacial score (nSPS) is 16.5. The van der Waals surface area contributed by atoms with E-state index < -0.39 is 11.7 Å². The summed E-state index contributed by atoms with van der Waals surface area (Å²) < 4.78 is 42.0. The van der Waals surface area contributed by atoms with Crippen molar-refractivity contribution in [2.24, 2.45) is 5.92 Å². The first-order chi connectivity index (χ1) is 20.7. The van der Waals surface area contributed by atoms with Gasteiger partial charge in [-0.05, 0) is 48.7 Å². The summed E-state index contributed by atoms with van der Waals surface area (Å²) in [5, 5.41) is 3.38. The van der Waals surface area contributed by atoms with E-state index in [1.165, 1.54) is 17.4 Å². The Morgan fingerprint density at radius 3 is 2.35 bits per heavy atom. The number of hydrogen-bond acceptors (Lipinski definition) is 7. The third kappa shape index (κ3) is 6.95. The quantitative estimate of drug-likeness (QED) is 0.226. The van der Waals surface area contributed by atoms with Crippen molar-refractivity contribution in [2.75, 3.05) is 38.0 Å². The lowest BCUT2D eigenvalue weighted by Gasteiger charge is -2.34. The summed E-state index contributed by atoms with van der Waals surface area (Å²) in [7, 11) is 0. The van der Waals surface area contributed by atoms with Gasteiger partial charge in [0.15, 0.2) is 10.9 Å². The zero-order valence-corrected chi connectivity index (χ0v) is 24.6. The Kier molecular flexibility index (Phi) is 8.30. The van der Waals surface area contributed by atoms with E-state index in [2.05, 4.69) is 32.0 Å². The molecule has 2 aromatic heterocycles. The average Bonchev–Trinajstić information content (AvgIpc) is 3.78. The fraction of sp³-hybridized carbons (Fsp3) is 0.375. The van der Waals surface area contributed by atoms with Crippen LogP contribution in [0.2, 0.25) is 0 Å². The number of nitrogens with one attached hydrogen (secondary N) is 1. The highest BCUT2D eigenvalue weighted by molar-refractivity contribution is 7.22. The molecule has 7 nitrogen and oxygen atoms in total. The standard InChI is InChI=1S/C32H32F3N5O2S/c1-2-39-13-15-40(16-14-39)19-24-4-3-20(17-25(24)32(33,34)35)18-28(41)22-7-5-21(6-8-22)26-11-12-27-30(36-26)43-31(37-27)38-29(42)23-9-10-23/h3-8,11-12,17,23H,2,9-10,13-16,18-19H2,1H3,(H,37,38,42). The number of likely N-dealkylation sites (N-methyl/N-ethyl adjacent to an activating group) is 1. The maximum absolute atomic E-state index is 14.0. The third-order valence-corrected chi connectivity index (χ3v) is 8.97. The zero-order valence-electron chi connectivity index (χ0n) is 23.8. The predicted molar refractivity (Wildman–Crippen MR) is 161 cm³/mol. The van der Waals surface area contributed by atoms with Crippen molar-refractivity contribution in [3.63, 3.8) is 0 Å². The van der Waals surface area contributed by atoms with E-state index in [9.17, 15) is 22.8 Å². The summed E-state index contributed by atoms with van der Waals surface area (Å²) in [5.74, 6) is -0.184. The van der Waals surface area contributed by atoms with Gasteiger partial charge < -0.3 is 10.2 Å². The van der Waals surface area contributed by atoms with Gasteiger partial charge >= 0.3 is 6.18 Å². The van der Waals surface area contributed by atoms with Crippen LogP contribution < -0.4 is 5.32 Å². The molecule has 2 aromatic carbocycles. The number of nitrogens with zero attached hydrogens (tertiary/aromatic N) is 4. The van der Waals surface area contributed by atoms with E-state index in [4.69, 9.17) is 0 Å². The van der Waals surface area contributed by atoms with Gasteiger partial charge in [0.05, 0.1) is 11.3 Å². The number of piperazine rings is 1. The number of thiazole rings is 1. The second kappa shape index (κ2) is 12.1. The van der Waals surface area contributed by atoms with Gasteiger partial charge in [-0.25, -0.2) is 9.97 Å². The number of carbonyl (C=O) groups is 2. The number of aromatic nitrogens is 2. The van der Waals surface area contributed by atoms with Gasteiger partial charge in [-0.3, -0.25) is 14.5 Å². The van der Waals surface area contributed by atoms with Crippen LogP contribution in [0.1, 0.15) is 46.8 Å². The molecule has 0 spiro atoms. The van der Waals surface area contributed by atoms with E-state index in [1.54, 1.807) is 30.3 Å². The summed E-state index contributed by atoms with van der Waals surface area (Å²) in [6.07, 6.45) is -2.80. The van der Waals surface area contributed by atoms with Gasteiger partial charge in [0.25, 0.3) is 0 Å². The molecule has 0 radical (unpaired) electrons. The minimum atomic E-state index is -4.50. The molecule has 1 amide bonds. The van der Waals surface area contributed by atoms with Crippen LogP contribution in [0.3, 0.4) is 0 Å². The molecule has 1 aliphatic heterocycles. The second-order valence-corrected chi connectivity index (χ2v) is 12.2. The molecule has 2 aliphatic rings. The number of alkyl halides is 3. The number of rotatable bonds is 9. The molecule has 4 aromatic rings. The van der Waals surface area contributed by atoms with Crippen LogP contribution in [-0.4, -0.2) is 64.2 Å². The van der Waals surface area contributed by atoms with Gasteiger partial charge in [-0.2, -0.15) is 13.2 Å². The molecule has 43 heavy (non-hydrogen) atoms. The SMILES string of the molecule is CCN1CCN(Cc2ccc(CC(=O)c3ccc(-c4ccc5nc(NC(=O)C6CC6)sc5n4)cc3)cc2C(F)(F)F)CC1. The Morgan fingerprint density at radius 2 is 1.67 bits per heavy atom. The molecular formula is C32H32F3N5O2S. The number of pyridine rings is 1. The van der Waals surface area contributed by atoms with Gasteiger partial charge in [-0.15, -0.1) is 0 Å². The zero-order chi connectivity index (χ0) is 30.1. The lowest BCUT2D eigenvalue weighted by atomic mass is 9.97. The topological polar surface area (TPSA) is 78.4 Å². The lowest BCUT2D eigenvalue weighted by molar-refractivity contribution is -0.138. The molecule has 1 N–H and O–H groups in total. The number of fused-ring (bicyclic) bond motifs is 1. The number of amides is 1. The van der Waals surface area contributed by atoms with Crippen LogP contribution in [0.15, 0.2) is 54.6 Å². The molecule has 6 rings (SSSR count). The monoisotopic (exact) mass is 607 g/mol. The van der Waals surface area contributed by atoms with Gasteiger partial charge in [0, 0.05) is 56.2 Å². The molecule has 224 valence electrons. The van der Waals surface area contributed by atoms with Crippen LogP contribution >= 0.6 is 11.3 Å². The van der Waals surface area contributed by atoms with Crippen LogP contribution in [0, 0.1) is 5.92 Å². The number of hydrogen-bond donors (Lipinski definition) is 1. The fourth-order valence-corrected chi connectivity index (χ4v) is 6.18. The molecule has 0 bridgehead atoms. The van der Waals surface area contributed by atoms with Crippen LogP contribution in [0.5, 0.6) is 0 Å². The highest BCUT2D eigenvalue weighted by Gasteiger charge is 2.34. The van der Waals surface area contributed by atoms with E-state index in [0.717, 1.165) is 57.2 Å². The van der Waals surface area contributed by atoms with Gasteiger partial charge in [0.2, 0.25) is 5.91 Å². The van der Waals surface area contributed by atoms with Crippen molar-refractivity contribution in [1.29, 1.82) is 0 Å². The van der Waals surface area contributed by atoms with Crippen LogP contribution in [0.25, 0.3) is 21.6 Å². The Balaban J connectivity index is 1.13. The molecule has 2 fully saturated rings. The number of carbonyl (C=O) groups excluding carboxylic acids is 2. The van der Waals surface area contributed by atoms with Crippen molar-refractivity contribution >= 4 is 38.5 Å². The van der Waals surface area contributed by atoms with Crippen molar-refractivity contribution in [3.8, 4) is 11.3 Å². The van der Waals surface area contributed by atoms with Crippen molar-refractivity contribution in [1.82, 2.24) is 19.8 Å². The highest BCUT2D eigenvalue weighted by Crippen LogP contribution is 2.35. The van der Waals surface area contributed by atoms with E-state index >= 15 is 0 Å². The summed E-state index contributed by atoms with van der Waals surface area (Å²) in [5.41, 5.74) is 2.49. The van der Waals surface area contributed by atoms with Gasteiger partial charge in [-0.1, -0.05) is 54.7 Å². The number of anilines is 1. The third-order valence-electron chi connectivity index (χ3n) is 8.09. The van der Waals surface area contributed by atoms with Crippen molar-refractivity contribution in [2.45, 2.75) is 38.9 Å². The number of halogens is 3. The van der Waals surface area contributed by atoms with E-state index in [0.29, 0.717) is 32.3 Å². The molecular weight excluding hydrogens is 575 g/mol. The van der Waals surface area contributed by atoms with E-state index in [-0.39, 0.29) is 36.1 Å². The summed E-state index contributed by atoms with van der Waals surface area (Å²) >= 11 is 1.31. The number of Topliss-reactive ketones (excluding diaryl/α,β-unsaturated/α-hetero) is 1. The fourth-order valence-electron chi connectivity index (χ4n) is 5.34. The Morgan fingerprint density at radius 1 is 0.953 bits per heavy atom. The van der Waals surface area contributed by atoms with Crippen LogP contribution in [0.4, 0.5) is 18.3 Å². The van der Waals surface area contributed by atoms with E-state index in [1.807, 2.05) is 12.1 Å².